The average Bonchev–Trinajstić information content (AvgIpc) is 2.93. The van der Waals surface area contributed by atoms with Gasteiger partial charge in [-0.1, -0.05) is 30.3 Å². The number of anilines is 1. The van der Waals surface area contributed by atoms with Crippen LogP contribution in [0.3, 0.4) is 0 Å². The lowest BCUT2D eigenvalue weighted by molar-refractivity contribution is 0.786. The van der Waals surface area contributed by atoms with E-state index in [9.17, 15) is 0 Å². The largest absolute Gasteiger partial charge is 0.397 e. The van der Waals surface area contributed by atoms with E-state index in [4.69, 9.17) is 11.1 Å². The van der Waals surface area contributed by atoms with Gasteiger partial charge in [-0.3, -0.25) is 0 Å². The molecule has 0 saturated heterocycles. The third kappa shape index (κ3) is 3.13. The molecule has 0 saturated carbocycles. The van der Waals surface area contributed by atoms with Crippen molar-refractivity contribution in [2.75, 3.05) is 12.8 Å². The van der Waals surface area contributed by atoms with Crippen LogP contribution >= 0.6 is 0 Å². The number of rotatable bonds is 5. The zero-order valence-corrected chi connectivity index (χ0v) is 14.8. The van der Waals surface area contributed by atoms with Crippen molar-refractivity contribution in [2.45, 2.75) is 20.4 Å². The second kappa shape index (κ2) is 6.81. The van der Waals surface area contributed by atoms with Crippen molar-refractivity contribution >= 4 is 28.6 Å². The van der Waals surface area contributed by atoms with Gasteiger partial charge in [-0.25, -0.2) is 4.98 Å². The summed E-state index contributed by atoms with van der Waals surface area (Å²) in [5.74, 6) is 0.932. The van der Waals surface area contributed by atoms with E-state index in [-0.39, 0.29) is 0 Å². The first kappa shape index (κ1) is 16.8. The predicted molar refractivity (Wildman–Crippen MR) is 105 cm³/mol. The second-order valence-electron chi connectivity index (χ2n) is 6.12. The van der Waals surface area contributed by atoms with E-state index in [2.05, 4.69) is 33.1 Å². The van der Waals surface area contributed by atoms with E-state index < -0.39 is 0 Å². The number of nitrogens with two attached hydrogens (primary N) is 1. The minimum Gasteiger partial charge on any atom is -0.397 e. The number of fused-ring (bicyclic) bond motifs is 1. The summed E-state index contributed by atoms with van der Waals surface area (Å²) in [5, 5.41) is 10.7. The molecule has 4 N–H and O–H groups in total. The first-order valence-electron chi connectivity index (χ1n) is 8.25. The molecule has 0 amide bonds. The van der Waals surface area contributed by atoms with E-state index in [0.717, 1.165) is 40.2 Å². The van der Waals surface area contributed by atoms with Gasteiger partial charge in [0.15, 0.2) is 0 Å². The van der Waals surface area contributed by atoms with Gasteiger partial charge < -0.3 is 21.0 Å². The molecule has 0 aliphatic carbocycles. The van der Waals surface area contributed by atoms with Crippen molar-refractivity contribution < 1.29 is 0 Å². The molecule has 1 heterocycles. The Morgan fingerprint density at radius 1 is 1.28 bits per heavy atom. The van der Waals surface area contributed by atoms with Crippen LogP contribution in [-0.4, -0.2) is 22.8 Å². The zero-order chi connectivity index (χ0) is 18.0. The van der Waals surface area contributed by atoms with Crippen LogP contribution < -0.4 is 11.1 Å². The maximum absolute atomic E-state index is 7.53. The summed E-state index contributed by atoms with van der Waals surface area (Å²) >= 11 is 0. The number of allylic oxidation sites excluding steroid dienone is 1. The van der Waals surface area contributed by atoms with Crippen LogP contribution in [-0.2, 0) is 6.54 Å². The highest BCUT2D eigenvalue weighted by Gasteiger charge is 2.14. The molecule has 0 spiro atoms. The van der Waals surface area contributed by atoms with Gasteiger partial charge in [0, 0.05) is 31.1 Å². The molecule has 128 valence electrons. The molecule has 3 aromatic rings. The van der Waals surface area contributed by atoms with Crippen molar-refractivity contribution in [1.29, 1.82) is 5.41 Å². The molecule has 5 nitrogen and oxygen atoms in total. The van der Waals surface area contributed by atoms with Gasteiger partial charge in [-0.05, 0) is 37.1 Å². The molecule has 0 aliphatic heterocycles. The van der Waals surface area contributed by atoms with Crippen LogP contribution in [0, 0.1) is 12.3 Å². The topological polar surface area (TPSA) is 79.7 Å². The van der Waals surface area contributed by atoms with Crippen LogP contribution in [0.15, 0.2) is 48.0 Å². The lowest BCUT2D eigenvalue weighted by Gasteiger charge is -2.12. The monoisotopic (exact) mass is 333 g/mol. The minimum absolute atomic E-state index is 0.646. The highest BCUT2D eigenvalue weighted by molar-refractivity contribution is 5.95. The molecule has 0 aliphatic rings. The molecule has 3 rings (SSSR count). The lowest BCUT2D eigenvalue weighted by Crippen LogP contribution is -2.09. The third-order valence-electron chi connectivity index (χ3n) is 4.41. The van der Waals surface area contributed by atoms with Gasteiger partial charge in [0.05, 0.1) is 11.2 Å². The fraction of sp³-hybridized carbons (Fsp3) is 0.200. The molecule has 0 bridgehead atoms. The number of aryl methyl sites for hydroxylation is 1. The van der Waals surface area contributed by atoms with Crippen LogP contribution in [0.25, 0.3) is 16.7 Å². The summed E-state index contributed by atoms with van der Waals surface area (Å²) in [5.41, 5.74) is 12.7. The van der Waals surface area contributed by atoms with Gasteiger partial charge in [0.2, 0.25) is 0 Å². The van der Waals surface area contributed by atoms with E-state index in [1.807, 2.05) is 45.2 Å². The molecule has 0 unspecified atom stereocenters. The molecule has 1 aromatic heterocycles. The molecule has 0 atom stereocenters. The highest BCUT2D eigenvalue weighted by atomic mass is 15.1. The van der Waals surface area contributed by atoms with Crippen molar-refractivity contribution in [3.8, 4) is 0 Å². The van der Waals surface area contributed by atoms with E-state index in [0.29, 0.717) is 5.69 Å². The Balaban J connectivity index is 2.19. The minimum atomic E-state index is 0.646. The first-order valence-corrected chi connectivity index (χ1v) is 8.25. The molecule has 5 heteroatoms. The molecular formula is C20H23N5. The summed E-state index contributed by atoms with van der Waals surface area (Å²) in [6.07, 6.45) is 1.35. The number of nitrogen functional groups attached to an aromatic ring is 1. The van der Waals surface area contributed by atoms with Crippen LogP contribution in [0.5, 0.6) is 0 Å². The highest BCUT2D eigenvalue weighted by Crippen LogP contribution is 2.28. The molecule has 2 aromatic carbocycles. The summed E-state index contributed by atoms with van der Waals surface area (Å²) in [6, 6.07) is 14.3. The fourth-order valence-electron chi connectivity index (χ4n) is 3.12. The Kier molecular flexibility index (Phi) is 4.57. The van der Waals surface area contributed by atoms with Gasteiger partial charge in [-0.15, -0.1) is 0 Å². The lowest BCUT2D eigenvalue weighted by atomic mass is 10.1. The molecule has 25 heavy (non-hydrogen) atoms. The Hall–Kier alpha value is -3.08. The predicted octanol–water partition coefficient (Wildman–Crippen LogP) is 3.58. The molecular weight excluding hydrogens is 310 g/mol. The average molecular weight is 333 g/mol. The Morgan fingerprint density at radius 2 is 2.00 bits per heavy atom. The SMILES string of the molecule is CN/C(=C(/C)C=N)c1cc(N)c2nc(C)n(Cc3ccccc3)c2c1. The normalized spacial score (nSPS) is 12.1. The number of imidazole rings is 1. The standard InChI is InChI=1S/C20H23N5/c1-13(11-21)19(23-3)16-9-17(22)20-18(10-16)25(14(2)24-20)12-15-7-5-4-6-8-15/h4-11,21,23H,12,22H2,1-3H3/b19-13-,21-11?. The number of hydrogen-bond acceptors (Lipinski definition) is 4. The smallest absolute Gasteiger partial charge is 0.112 e. The number of nitrogens with zero attached hydrogens (tertiary/aromatic N) is 2. The van der Waals surface area contributed by atoms with Gasteiger partial charge >= 0.3 is 0 Å². The Labute approximate surface area is 147 Å². The van der Waals surface area contributed by atoms with Crippen molar-refractivity contribution in [1.82, 2.24) is 14.9 Å². The summed E-state index contributed by atoms with van der Waals surface area (Å²) < 4.78 is 2.18. The third-order valence-corrected chi connectivity index (χ3v) is 4.41. The van der Waals surface area contributed by atoms with E-state index >= 15 is 0 Å². The Morgan fingerprint density at radius 3 is 2.64 bits per heavy atom. The van der Waals surface area contributed by atoms with Crippen molar-refractivity contribution in [3.05, 3.63) is 65.0 Å². The van der Waals surface area contributed by atoms with Crippen molar-refractivity contribution in [2.24, 2.45) is 0 Å². The van der Waals surface area contributed by atoms with Gasteiger partial charge in [0.25, 0.3) is 0 Å². The van der Waals surface area contributed by atoms with Gasteiger partial charge in [-0.2, -0.15) is 0 Å². The zero-order valence-electron chi connectivity index (χ0n) is 14.8. The maximum Gasteiger partial charge on any atom is 0.112 e. The Bertz CT molecular complexity index is 951. The van der Waals surface area contributed by atoms with E-state index in [1.54, 1.807) is 0 Å². The summed E-state index contributed by atoms with van der Waals surface area (Å²) in [7, 11) is 1.86. The summed E-state index contributed by atoms with van der Waals surface area (Å²) in [6.45, 7) is 4.65. The molecule has 0 fully saturated rings. The number of benzene rings is 2. The fourth-order valence-corrected chi connectivity index (χ4v) is 3.12. The second-order valence-corrected chi connectivity index (χ2v) is 6.12. The summed E-state index contributed by atoms with van der Waals surface area (Å²) in [4.78, 5) is 4.66. The number of hydrogen-bond donors (Lipinski definition) is 3. The van der Waals surface area contributed by atoms with Crippen LogP contribution in [0.1, 0.15) is 23.9 Å². The van der Waals surface area contributed by atoms with E-state index in [1.165, 1.54) is 11.8 Å². The van der Waals surface area contributed by atoms with Crippen molar-refractivity contribution in [3.63, 3.8) is 0 Å². The number of aromatic nitrogens is 2. The maximum atomic E-state index is 7.53. The quantitative estimate of drug-likeness (QED) is 0.493. The van der Waals surface area contributed by atoms with Crippen LogP contribution in [0.2, 0.25) is 0 Å². The van der Waals surface area contributed by atoms with Gasteiger partial charge in [0.1, 0.15) is 11.3 Å². The molecule has 0 radical (unpaired) electrons. The first-order chi connectivity index (χ1) is 12.0. The van der Waals surface area contributed by atoms with Crippen LogP contribution in [0.4, 0.5) is 5.69 Å². The number of nitrogens with one attached hydrogen (secondary N) is 2.